The Morgan fingerprint density at radius 1 is 1.15 bits per heavy atom. The topological polar surface area (TPSA) is 110 Å². The second-order valence-corrected chi connectivity index (χ2v) is 6.20. The largest absolute Gasteiger partial charge is 0.469 e. The van der Waals surface area contributed by atoms with Crippen molar-refractivity contribution < 1.29 is 18.4 Å². The van der Waals surface area contributed by atoms with Gasteiger partial charge in [-0.15, -0.1) is 10.2 Å². The molecule has 1 aromatic carbocycles. The lowest BCUT2D eigenvalue weighted by Gasteiger charge is -2.06. The Balaban J connectivity index is 1.43. The van der Waals surface area contributed by atoms with E-state index in [0.29, 0.717) is 23.8 Å². The third-order valence-electron chi connectivity index (χ3n) is 3.37. The van der Waals surface area contributed by atoms with Crippen LogP contribution in [0.5, 0.6) is 0 Å². The number of nitrogens with one attached hydrogen (secondary N) is 2. The van der Waals surface area contributed by atoms with Gasteiger partial charge in [-0.3, -0.25) is 10.1 Å². The van der Waals surface area contributed by atoms with E-state index in [2.05, 4.69) is 20.8 Å². The molecule has 0 atom stereocenters. The van der Waals surface area contributed by atoms with Crippen molar-refractivity contribution in [2.24, 2.45) is 0 Å². The summed E-state index contributed by atoms with van der Waals surface area (Å²) in [5.41, 5.74) is 1.64. The fraction of sp³-hybridized carbons (Fsp3) is 0.176. The van der Waals surface area contributed by atoms with Gasteiger partial charge >= 0.3 is 6.03 Å². The van der Waals surface area contributed by atoms with Crippen LogP contribution in [-0.4, -0.2) is 27.9 Å². The normalized spacial score (nSPS) is 10.5. The van der Waals surface area contributed by atoms with Gasteiger partial charge in [-0.05, 0) is 18.6 Å². The minimum absolute atomic E-state index is 0.0231. The van der Waals surface area contributed by atoms with Crippen LogP contribution in [0.4, 0.5) is 4.79 Å². The first-order valence-electron chi connectivity index (χ1n) is 7.74. The zero-order valence-electron chi connectivity index (χ0n) is 13.9. The molecule has 8 nitrogen and oxygen atoms in total. The van der Waals surface area contributed by atoms with Gasteiger partial charge in [-0.2, -0.15) is 0 Å². The standard InChI is InChI=1S/C17H16N4O4S/c1-11-13(7-8-24-11)15-20-21-17(25-15)26-10-14(22)19-16(23)18-9-12-5-3-2-4-6-12/h2-8H,9-10H2,1H3,(H2,18,19,22,23). The number of carbonyl (C=O) groups is 2. The van der Waals surface area contributed by atoms with Crippen LogP contribution in [0.25, 0.3) is 11.5 Å². The highest BCUT2D eigenvalue weighted by atomic mass is 32.2. The maximum absolute atomic E-state index is 11.8. The number of hydrogen-bond acceptors (Lipinski definition) is 7. The Hall–Kier alpha value is -3.07. The van der Waals surface area contributed by atoms with E-state index in [-0.39, 0.29) is 11.0 Å². The Morgan fingerprint density at radius 3 is 2.69 bits per heavy atom. The third kappa shape index (κ3) is 4.73. The zero-order chi connectivity index (χ0) is 18.4. The fourth-order valence-electron chi connectivity index (χ4n) is 2.10. The molecule has 0 unspecified atom stereocenters. The summed E-state index contributed by atoms with van der Waals surface area (Å²) >= 11 is 1.05. The lowest BCUT2D eigenvalue weighted by molar-refractivity contribution is -0.117. The average Bonchev–Trinajstić information content (AvgIpc) is 3.27. The highest BCUT2D eigenvalue weighted by Gasteiger charge is 2.15. The van der Waals surface area contributed by atoms with Crippen molar-refractivity contribution in [3.63, 3.8) is 0 Å². The SMILES string of the molecule is Cc1occc1-c1nnc(SCC(=O)NC(=O)NCc2ccccc2)o1. The minimum atomic E-state index is -0.556. The maximum atomic E-state index is 11.8. The smallest absolute Gasteiger partial charge is 0.321 e. The van der Waals surface area contributed by atoms with E-state index in [1.54, 1.807) is 13.0 Å². The van der Waals surface area contributed by atoms with Crippen molar-refractivity contribution in [3.8, 4) is 11.5 Å². The maximum Gasteiger partial charge on any atom is 0.321 e. The number of thioether (sulfide) groups is 1. The number of nitrogens with zero attached hydrogens (tertiary/aromatic N) is 2. The molecule has 2 heterocycles. The third-order valence-corrected chi connectivity index (χ3v) is 4.19. The van der Waals surface area contributed by atoms with Crippen LogP contribution in [0.1, 0.15) is 11.3 Å². The highest BCUT2D eigenvalue weighted by Crippen LogP contribution is 2.26. The first kappa shape index (κ1) is 17.7. The molecule has 9 heteroatoms. The first-order chi connectivity index (χ1) is 12.6. The van der Waals surface area contributed by atoms with Gasteiger partial charge in [-0.1, -0.05) is 42.1 Å². The number of furan rings is 1. The highest BCUT2D eigenvalue weighted by molar-refractivity contribution is 7.99. The number of amides is 3. The molecule has 0 radical (unpaired) electrons. The molecule has 0 spiro atoms. The van der Waals surface area contributed by atoms with Gasteiger partial charge in [-0.25, -0.2) is 4.79 Å². The summed E-state index contributed by atoms with van der Waals surface area (Å²) in [7, 11) is 0. The molecular formula is C17H16N4O4S. The van der Waals surface area contributed by atoms with E-state index in [4.69, 9.17) is 8.83 Å². The molecule has 0 bridgehead atoms. The Morgan fingerprint density at radius 2 is 1.96 bits per heavy atom. The average molecular weight is 372 g/mol. The van der Waals surface area contributed by atoms with E-state index >= 15 is 0 Å². The van der Waals surface area contributed by atoms with Crippen molar-refractivity contribution in [2.45, 2.75) is 18.7 Å². The Labute approximate surface area is 153 Å². The lowest BCUT2D eigenvalue weighted by atomic mass is 10.2. The summed E-state index contributed by atoms with van der Waals surface area (Å²) in [6.07, 6.45) is 1.53. The van der Waals surface area contributed by atoms with Crippen molar-refractivity contribution in [1.82, 2.24) is 20.8 Å². The molecule has 134 valence electrons. The lowest BCUT2D eigenvalue weighted by Crippen LogP contribution is -2.39. The molecule has 0 aliphatic rings. The van der Waals surface area contributed by atoms with Crippen LogP contribution in [-0.2, 0) is 11.3 Å². The summed E-state index contributed by atoms with van der Waals surface area (Å²) in [4.78, 5) is 23.6. The minimum Gasteiger partial charge on any atom is -0.469 e. The predicted octanol–water partition coefficient (Wildman–Crippen LogP) is 2.76. The Bertz CT molecular complexity index is 891. The number of rotatable bonds is 6. The predicted molar refractivity (Wildman–Crippen MR) is 94.3 cm³/mol. The van der Waals surface area contributed by atoms with Crippen LogP contribution in [0.15, 0.2) is 56.7 Å². The van der Waals surface area contributed by atoms with E-state index in [1.165, 1.54) is 6.26 Å². The summed E-state index contributed by atoms with van der Waals surface area (Å²) in [6, 6.07) is 10.6. The van der Waals surface area contributed by atoms with Crippen molar-refractivity contribution in [2.75, 3.05) is 5.75 Å². The molecule has 0 aliphatic carbocycles. The molecule has 3 aromatic rings. The number of benzene rings is 1. The second kappa shape index (κ2) is 8.34. The summed E-state index contributed by atoms with van der Waals surface area (Å²) in [6.45, 7) is 2.12. The molecule has 2 aromatic heterocycles. The molecule has 3 rings (SSSR count). The number of carbonyl (C=O) groups excluding carboxylic acids is 2. The number of urea groups is 1. The molecule has 2 N–H and O–H groups in total. The number of aromatic nitrogens is 2. The van der Waals surface area contributed by atoms with Gasteiger partial charge in [0, 0.05) is 6.54 Å². The van der Waals surface area contributed by atoms with Crippen LogP contribution in [0, 0.1) is 6.92 Å². The van der Waals surface area contributed by atoms with E-state index in [1.807, 2.05) is 30.3 Å². The van der Waals surface area contributed by atoms with E-state index < -0.39 is 11.9 Å². The monoisotopic (exact) mass is 372 g/mol. The van der Waals surface area contributed by atoms with Gasteiger partial charge in [0.2, 0.25) is 5.91 Å². The molecule has 3 amide bonds. The van der Waals surface area contributed by atoms with Crippen LogP contribution in [0.2, 0.25) is 0 Å². The van der Waals surface area contributed by atoms with Gasteiger partial charge in [0.05, 0.1) is 17.6 Å². The van der Waals surface area contributed by atoms with Gasteiger partial charge in [0.1, 0.15) is 5.76 Å². The van der Waals surface area contributed by atoms with Crippen LogP contribution < -0.4 is 10.6 Å². The van der Waals surface area contributed by atoms with Crippen LogP contribution >= 0.6 is 11.8 Å². The first-order valence-corrected chi connectivity index (χ1v) is 8.73. The Kier molecular flexibility index (Phi) is 5.69. The van der Waals surface area contributed by atoms with E-state index in [0.717, 1.165) is 17.3 Å². The zero-order valence-corrected chi connectivity index (χ0v) is 14.7. The summed E-state index contributed by atoms with van der Waals surface area (Å²) in [5, 5.41) is 12.9. The van der Waals surface area contributed by atoms with Gasteiger partial charge < -0.3 is 14.2 Å². The van der Waals surface area contributed by atoms with Gasteiger partial charge in [0.15, 0.2) is 0 Å². The van der Waals surface area contributed by atoms with Crippen LogP contribution in [0.3, 0.4) is 0 Å². The van der Waals surface area contributed by atoms with Crippen molar-refractivity contribution in [1.29, 1.82) is 0 Å². The molecular weight excluding hydrogens is 356 g/mol. The quantitative estimate of drug-likeness (QED) is 0.640. The fourth-order valence-corrected chi connectivity index (χ4v) is 2.66. The molecule has 0 aliphatic heterocycles. The molecule has 0 fully saturated rings. The van der Waals surface area contributed by atoms with Gasteiger partial charge in [0.25, 0.3) is 11.1 Å². The molecule has 26 heavy (non-hydrogen) atoms. The van der Waals surface area contributed by atoms with Crippen molar-refractivity contribution >= 4 is 23.7 Å². The van der Waals surface area contributed by atoms with Crippen molar-refractivity contribution in [3.05, 3.63) is 54.0 Å². The molecule has 0 saturated carbocycles. The molecule has 0 saturated heterocycles. The number of hydrogen-bond donors (Lipinski definition) is 2. The summed E-state index contributed by atoms with van der Waals surface area (Å²) < 4.78 is 10.7. The van der Waals surface area contributed by atoms with E-state index in [9.17, 15) is 9.59 Å². The number of aryl methyl sites for hydroxylation is 1. The number of imide groups is 1. The summed E-state index contributed by atoms with van der Waals surface area (Å²) in [5.74, 6) is 0.502. The second-order valence-electron chi connectivity index (χ2n) is 5.27.